The van der Waals surface area contributed by atoms with Crippen LogP contribution in [0.3, 0.4) is 0 Å². The highest BCUT2D eigenvalue weighted by atomic mass is 16.1. The summed E-state index contributed by atoms with van der Waals surface area (Å²) in [5.74, 6) is -0.391. The molecule has 2 aliphatic carbocycles. The number of hydrazone groups is 1. The first-order valence-electron chi connectivity index (χ1n) is 4.68. The number of carbonyl (C=O) groups is 1. The summed E-state index contributed by atoms with van der Waals surface area (Å²) in [5, 5.41) is 4.12. The Bertz CT molecular complexity index is 508. The number of rotatable bonds is 1. The van der Waals surface area contributed by atoms with E-state index >= 15 is 0 Å². The third-order valence-electron chi connectivity index (χ3n) is 2.96. The van der Waals surface area contributed by atoms with E-state index in [-0.39, 0.29) is 0 Å². The minimum Gasteiger partial charge on any atom is -0.368 e. The van der Waals surface area contributed by atoms with Gasteiger partial charge in [0.2, 0.25) is 5.91 Å². The van der Waals surface area contributed by atoms with Crippen LogP contribution in [0.5, 0.6) is 0 Å². The zero-order valence-corrected chi connectivity index (χ0v) is 7.90. The lowest BCUT2D eigenvalue weighted by Crippen LogP contribution is -2.46. The van der Waals surface area contributed by atoms with Crippen molar-refractivity contribution in [2.45, 2.75) is 0 Å². The molecule has 0 aromatic carbocycles. The highest BCUT2D eigenvalue weighted by Gasteiger charge is 2.52. The number of hydrogen-bond acceptors (Lipinski definition) is 3. The van der Waals surface area contributed by atoms with Gasteiger partial charge in [0.1, 0.15) is 0 Å². The Kier molecular flexibility index (Phi) is 1.36. The lowest BCUT2D eigenvalue weighted by atomic mass is 9.69. The van der Waals surface area contributed by atoms with Crippen LogP contribution in [0.15, 0.2) is 52.8 Å². The van der Waals surface area contributed by atoms with E-state index in [9.17, 15) is 4.79 Å². The minimum absolute atomic E-state index is 0.391. The normalized spacial score (nSPS) is 30.0. The van der Waals surface area contributed by atoms with E-state index in [4.69, 9.17) is 5.73 Å². The van der Waals surface area contributed by atoms with Gasteiger partial charge in [0, 0.05) is 0 Å². The number of hydrogen-bond donors (Lipinski definition) is 2. The summed E-state index contributed by atoms with van der Waals surface area (Å²) in [6.07, 6.45) is 11.2. The molecule has 1 amide bonds. The Morgan fingerprint density at radius 3 is 2.93 bits per heavy atom. The Balaban J connectivity index is 2.34. The van der Waals surface area contributed by atoms with E-state index in [1.165, 1.54) is 0 Å². The number of primary amides is 1. The van der Waals surface area contributed by atoms with Crippen LogP contribution in [0.4, 0.5) is 0 Å². The van der Waals surface area contributed by atoms with Crippen LogP contribution < -0.4 is 11.2 Å². The predicted octanol–water partition coefficient (Wildman–Crippen LogP) is 0.367. The SMILES string of the molecule is NC(=O)C12C3=CC=CC1=NNC2=CC=C3. The van der Waals surface area contributed by atoms with Gasteiger partial charge in [0.05, 0.1) is 11.4 Å². The molecule has 0 saturated carbocycles. The van der Waals surface area contributed by atoms with Crippen molar-refractivity contribution in [2.75, 3.05) is 0 Å². The van der Waals surface area contributed by atoms with Crippen LogP contribution in [0.2, 0.25) is 0 Å². The zero-order chi connectivity index (χ0) is 10.5. The molecule has 0 fully saturated rings. The van der Waals surface area contributed by atoms with Gasteiger partial charge < -0.3 is 5.73 Å². The van der Waals surface area contributed by atoms with Crippen molar-refractivity contribution in [1.82, 2.24) is 5.43 Å². The van der Waals surface area contributed by atoms with Gasteiger partial charge in [-0.25, -0.2) is 0 Å². The van der Waals surface area contributed by atoms with Gasteiger partial charge in [0.25, 0.3) is 0 Å². The minimum atomic E-state index is -0.872. The molecule has 1 atom stereocenters. The number of carbonyl (C=O) groups excluding carboxylic acids is 1. The molecule has 0 spiro atoms. The summed E-state index contributed by atoms with van der Waals surface area (Å²) in [5.41, 5.74) is 9.79. The maximum atomic E-state index is 11.7. The second-order valence-corrected chi connectivity index (χ2v) is 3.64. The fraction of sp³-hybridized carbons (Fsp3) is 0.0909. The fourth-order valence-electron chi connectivity index (χ4n) is 2.25. The van der Waals surface area contributed by atoms with Gasteiger partial charge in [-0.15, -0.1) is 0 Å². The molecule has 1 unspecified atom stereocenters. The molecule has 0 radical (unpaired) electrons. The Morgan fingerprint density at radius 1 is 1.33 bits per heavy atom. The van der Waals surface area contributed by atoms with Crippen molar-refractivity contribution in [1.29, 1.82) is 0 Å². The van der Waals surface area contributed by atoms with E-state index in [2.05, 4.69) is 10.5 Å². The Hall–Kier alpha value is -2.10. The zero-order valence-electron chi connectivity index (χ0n) is 7.90. The average molecular weight is 199 g/mol. The highest BCUT2D eigenvalue weighted by Crippen LogP contribution is 2.44. The third-order valence-corrected chi connectivity index (χ3v) is 2.96. The van der Waals surface area contributed by atoms with Gasteiger partial charge in [-0.1, -0.05) is 24.3 Å². The van der Waals surface area contributed by atoms with Gasteiger partial charge in [-0.3, -0.25) is 10.2 Å². The van der Waals surface area contributed by atoms with Crippen molar-refractivity contribution in [3.05, 3.63) is 47.7 Å². The Labute approximate surface area is 86.5 Å². The van der Waals surface area contributed by atoms with Crippen molar-refractivity contribution in [3.8, 4) is 0 Å². The van der Waals surface area contributed by atoms with E-state index in [0.29, 0.717) is 5.71 Å². The summed E-state index contributed by atoms with van der Waals surface area (Å²) < 4.78 is 0. The lowest BCUT2D eigenvalue weighted by Gasteiger charge is -2.31. The van der Waals surface area contributed by atoms with Crippen LogP contribution in [-0.2, 0) is 4.79 Å². The summed E-state index contributed by atoms with van der Waals surface area (Å²) in [7, 11) is 0. The largest absolute Gasteiger partial charge is 0.368 e. The monoisotopic (exact) mass is 199 g/mol. The summed E-state index contributed by atoms with van der Waals surface area (Å²) >= 11 is 0. The van der Waals surface area contributed by atoms with Gasteiger partial charge in [-0.2, -0.15) is 5.10 Å². The second-order valence-electron chi connectivity index (χ2n) is 3.64. The molecule has 0 aromatic rings. The first-order valence-corrected chi connectivity index (χ1v) is 4.68. The maximum Gasteiger partial charge on any atom is 0.240 e. The molecular weight excluding hydrogens is 190 g/mol. The number of nitrogens with zero attached hydrogens (tertiary/aromatic N) is 1. The van der Waals surface area contributed by atoms with Crippen LogP contribution >= 0.6 is 0 Å². The van der Waals surface area contributed by atoms with Gasteiger partial charge >= 0.3 is 0 Å². The van der Waals surface area contributed by atoms with Crippen LogP contribution in [0.1, 0.15) is 0 Å². The molecule has 0 bridgehead atoms. The molecule has 4 nitrogen and oxygen atoms in total. The number of allylic oxidation sites excluding steroid dienone is 6. The summed E-state index contributed by atoms with van der Waals surface area (Å²) in [4.78, 5) is 11.7. The summed E-state index contributed by atoms with van der Waals surface area (Å²) in [6, 6.07) is 0. The maximum absolute atomic E-state index is 11.7. The van der Waals surface area contributed by atoms with Crippen LogP contribution in [-0.4, -0.2) is 11.6 Å². The van der Waals surface area contributed by atoms with Crippen molar-refractivity contribution in [3.63, 3.8) is 0 Å². The lowest BCUT2D eigenvalue weighted by molar-refractivity contribution is -0.121. The van der Waals surface area contributed by atoms with Gasteiger partial charge in [0.15, 0.2) is 5.41 Å². The molecule has 15 heavy (non-hydrogen) atoms. The van der Waals surface area contributed by atoms with Crippen LogP contribution in [0.25, 0.3) is 0 Å². The molecule has 3 N–H and O–H groups in total. The quantitative estimate of drug-likeness (QED) is 0.640. The molecule has 0 aromatic heterocycles. The molecule has 74 valence electrons. The van der Waals surface area contributed by atoms with E-state index in [1.54, 1.807) is 6.08 Å². The number of nitrogens with one attached hydrogen (secondary N) is 1. The number of amides is 1. The smallest absolute Gasteiger partial charge is 0.240 e. The van der Waals surface area contributed by atoms with Crippen molar-refractivity contribution in [2.24, 2.45) is 16.3 Å². The molecule has 3 aliphatic rings. The topological polar surface area (TPSA) is 67.5 Å². The molecular formula is C11H9N3O. The van der Waals surface area contributed by atoms with E-state index < -0.39 is 11.3 Å². The van der Waals surface area contributed by atoms with E-state index in [1.807, 2.05) is 30.4 Å². The molecule has 4 heteroatoms. The Morgan fingerprint density at radius 2 is 2.13 bits per heavy atom. The first kappa shape index (κ1) is 8.23. The van der Waals surface area contributed by atoms with Crippen molar-refractivity contribution < 1.29 is 4.79 Å². The molecule has 1 heterocycles. The first-order chi connectivity index (χ1) is 7.26. The van der Waals surface area contributed by atoms with Gasteiger partial charge in [-0.05, 0) is 17.7 Å². The molecule has 1 aliphatic heterocycles. The van der Waals surface area contributed by atoms with E-state index in [0.717, 1.165) is 11.3 Å². The third kappa shape index (κ3) is 0.771. The standard InChI is InChI=1S/C11H9N3O/c12-10(15)11-7-3-1-5-8(11)13-14-9(11)6-2-4-7/h1-6,13H,(H2,12,15). The van der Waals surface area contributed by atoms with Crippen molar-refractivity contribution >= 4 is 11.6 Å². The van der Waals surface area contributed by atoms with Crippen LogP contribution in [0, 0.1) is 5.41 Å². The average Bonchev–Trinajstić information content (AvgIpc) is 2.61. The summed E-state index contributed by atoms with van der Waals surface area (Å²) in [6.45, 7) is 0. The number of nitrogens with two attached hydrogens (primary N) is 1. The molecule has 0 saturated heterocycles. The predicted molar refractivity (Wildman–Crippen MR) is 56.6 cm³/mol. The highest BCUT2D eigenvalue weighted by molar-refractivity contribution is 6.21. The molecule has 3 rings (SSSR count). The second kappa shape index (κ2) is 2.48. The fourth-order valence-corrected chi connectivity index (χ4v) is 2.25.